The van der Waals surface area contributed by atoms with E-state index in [-0.39, 0.29) is 25.2 Å². The molecule has 1 aliphatic heterocycles. The number of likely N-dealkylation sites (tertiary alicyclic amines) is 1. The van der Waals surface area contributed by atoms with Gasteiger partial charge in [-0.05, 0) is 0 Å². The molecule has 122 valence electrons. The first-order chi connectivity index (χ1) is 10.1. The van der Waals surface area contributed by atoms with E-state index in [4.69, 9.17) is 0 Å². The third-order valence-corrected chi connectivity index (χ3v) is 3.72. The number of β-amino-alcohol motifs (C(OH)–C–C–N with tert-alkyl or cyclic N) is 1. The van der Waals surface area contributed by atoms with Crippen LogP contribution >= 0.6 is 0 Å². The summed E-state index contributed by atoms with van der Waals surface area (Å²) in [4.78, 5) is 24.6. The van der Waals surface area contributed by atoms with Crippen LogP contribution in [-0.2, 0) is 11.8 Å². The molecule has 0 bridgehead atoms. The Morgan fingerprint density at radius 1 is 1.41 bits per heavy atom. The van der Waals surface area contributed by atoms with E-state index in [1.54, 1.807) is 7.05 Å². The Morgan fingerprint density at radius 3 is 2.59 bits per heavy atom. The van der Waals surface area contributed by atoms with Crippen LogP contribution in [0.5, 0.6) is 0 Å². The fourth-order valence-electron chi connectivity index (χ4n) is 2.33. The number of nitrogens with zero attached hydrogens (tertiary/aromatic N) is 3. The minimum absolute atomic E-state index is 0.106. The highest BCUT2D eigenvalue weighted by molar-refractivity contribution is 5.97. The maximum Gasteiger partial charge on any atom is 0.419 e. The molecule has 1 aromatic heterocycles. The number of alkyl halides is 3. The zero-order valence-corrected chi connectivity index (χ0v) is 11.9. The van der Waals surface area contributed by atoms with Crippen molar-refractivity contribution in [2.75, 3.05) is 13.1 Å². The molecule has 6 nitrogen and oxygen atoms in total. The molecular weight excluding hydrogens is 303 g/mol. The van der Waals surface area contributed by atoms with Crippen LogP contribution in [0.15, 0.2) is 12.4 Å². The summed E-state index contributed by atoms with van der Waals surface area (Å²) in [6.07, 6.45) is -2.74. The lowest BCUT2D eigenvalue weighted by atomic mass is 10.0. The van der Waals surface area contributed by atoms with Crippen LogP contribution < -0.4 is 0 Å². The highest BCUT2D eigenvalue weighted by Gasteiger charge is 2.57. The van der Waals surface area contributed by atoms with Gasteiger partial charge in [-0.15, -0.1) is 0 Å². The number of ketones is 1. The van der Waals surface area contributed by atoms with Crippen molar-refractivity contribution >= 4 is 11.7 Å². The van der Waals surface area contributed by atoms with E-state index < -0.39 is 30.7 Å². The molecule has 1 N–H and O–H groups in total. The lowest BCUT2D eigenvalue weighted by molar-refractivity contribution is -0.253. The predicted octanol–water partition coefficient (Wildman–Crippen LogP) is 0.909. The fourth-order valence-corrected chi connectivity index (χ4v) is 2.33. The van der Waals surface area contributed by atoms with E-state index in [9.17, 15) is 27.9 Å². The number of rotatable bonds is 4. The summed E-state index contributed by atoms with van der Waals surface area (Å²) in [5.74, 6) is -0.871. The van der Waals surface area contributed by atoms with Crippen LogP contribution in [0, 0.1) is 0 Å². The summed E-state index contributed by atoms with van der Waals surface area (Å²) < 4.78 is 39.4. The average Bonchev–Trinajstić information content (AvgIpc) is 3.02. The molecule has 0 aromatic carbocycles. The number of aryl methyl sites for hydroxylation is 1. The predicted molar refractivity (Wildman–Crippen MR) is 69.0 cm³/mol. The summed E-state index contributed by atoms with van der Waals surface area (Å²) in [5.41, 5.74) is -2.50. The molecule has 1 aliphatic rings. The number of aromatic nitrogens is 2. The molecule has 1 aromatic rings. The zero-order valence-electron chi connectivity index (χ0n) is 11.9. The number of hydrogen-bond acceptors (Lipinski definition) is 4. The van der Waals surface area contributed by atoms with E-state index in [1.165, 1.54) is 17.1 Å². The van der Waals surface area contributed by atoms with Crippen molar-refractivity contribution in [2.45, 2.75) is 31.0 Å². The first-order valence-corrected chi connectivity index (χ1v) is 6.71. The first kappa shape index (κ1) is 16.5. The number of amides is 1. The molecule has 1 fully saturated rings. The molecule has 0 saturated carbocycles. The molecule has 1 atom stereocenters. The van der Waals surface area contributed by atoms with Gasteiger partial charge in [0.1, 0.15) is 0 Å². The number of Topliss-reactive ketones (excluding diaryl/α,β-unsaturated/α-hetero) is 1. The van der Waals surface area contributed by atoms with Gasteiger partial charge < -0.3 is 10.0 Å². The Labute approximate surface area is 124 Å². The molecule has 1 amide bonds. The molecule has 2 heterocycles. The Hall–Kier alpha value is -1.90. The summed E-state index contributed by atoms with van der Waals surface area (Å²) in [6, 6.07) is 0. The summed E-state index contributed by atoms with van der Waals surface area (Å²) >= 11 is 0. The molecule has 9 heteroatoms. The Balaban J connectivity index is 1.88. The van der Waals surface area contributed by atoms with Crippen LogP contribution in [0.2, 0.25) is 0 Å². The normalized spacial score (nSPS) is 22.1. The Bertz CT molecular complexity index is 585. The number of halogens is 3. The van der Waals surface area contributed by atoms with Gasteiger partial charge in [0.05, 0.1) is 18.3 Å². The number of carbonyl (C=O) groups is 2. The van der Waals surface area contributed by atoms with Crippen LogP contribution in [-0.4, -0.2) is 56.3 Å². The highest BCUT2D eigenvalue weighted by atomic mass is 19.4. The van der Waals surface area contributed by atoms with Gasteiger partial charge in [0.2, 0.25) is 5.91 Å². The number of hydrogen-bond donors (Lipinski definition) is 1. The van der Waals surface area contributed by atoms with Crippen molar-refractivity contribution in [3.8, 4) is 0 Å². The monoisotopic (exact) mass is 319 g/mol. The van der Waals surface area contributed by atoms with Crippen molar-refractivity contribution in [1.29, 1.82) is 0 Å². The molecule has 0 spiro atoms. The minimum atomic E-state index is -4.77. The van der Waals surface area contributed by atoms with Crippen LogP contribution in [0.1, 0.15) is 29.6 Å². The van der Waals surface area contributed by atoms with E-state index in [2.05, 4.69) is 5.10 Å². The second-order valence-corrected chi connectivity index (χ2v) is 5.42. The lowest BCUT2D eigenvalue weighted by Gasteiger charge is -2.25. The molecule has 22 heavy (non-hydrogen) atoms. The minimum Gasteiger partial charge on any atom is -0.379 e. The SMILES string of the molecule is Cn1cc(C(=O)CCC(=O)N2CCC(O)(C(F)(F)F)C2)cn1. The summed E-state index contributed by atoms with van der Waals surface area (Å²) in [7, 11) is 1.64. The van der Waals surface area contributed by atoms with Gasteiger partial charge in [0.15, 0.2) is 11.4 Å². The van der Waals surface area contributed by atoms with Gasteiger partial charge in [0, 0.05) is 39.1 Å². The summed E-state index contributed by atoms with van der Waals surface area (Å²) in [6.45, 7) is -0.952. The number of carbonyl (C=O) groups excluding carboxylic acids is 2. The Morgan fingerprint density at radius 2 is 2.09 bits per heavy atom. The Kier molecular flexibility index (Phi) is 4.28. The molecule has 1 unspecified atom stereocenters. The molecular formula is C13H16F3N3O3. The van der Waals surface area contributed by atoms with E-state index in [0.29, 0.717) is 5.56 Å². The zero-order chi connectivity index (χ0) is 16.5. The largest absolute Gasteiger partial charge is 0.419 e. The van der Waals surface area contributed by atoms with Crippen LogP contribution in [0.25, 0.3) is 0 Å². The fraction of sp³-hybridized carbons (Fsp3) is 0.615. The molecule has 0 radical (unpaired) electrons. The lowest BCUT2D eigenvalue weighted by Crippen LogP contribution is -2.48. The second kappa shape index (κ2) is 5.71. The van der Waals surface area contributed by atoms with E-state index in [1.807, 2.05) is 0 Å². The van der Waals surface area contributed by atoms with Gasteiger partial charge >= 0.3 is 6.18 Å². The van der Waals surface area contributed by atoms with Crippen LogP contribution in [0.3, 0.4) is 0 Å². The van der Waals surface area contributed by atoms with E-state index >= 15 is 0 Å². The average molecular weight is 319 g/mol. The smallest absolute Gasteiger partial charge is 0.379 e. The van der Waals surface area contributed by atoms with Gasteiger partial charge in [-0.2, -0.15) is 18.3 Å². The van der Waals surface area contributed by atoms with Gasteiger partial charge in [0.25, 0.3) is 0 Å². The number of aliphatic hydroxyl groups is 1. The summed E-state index contributed by atoms with van der Waals surface area (Å²) in [5, 5.41) is 13.3. The van der Waals surface area contributed by atoms with Gasteiger partial charge in [-0.3, -0.25) is 14.3 Å². The second-order valence-electron chi connectivity index (χ2n) is 5.42. The van der Waals surface area contributed by atoms with Crippen molar-refractivity contribution in [3.05, 3.63) is 18.0 Å². The maximum absolute atomic E-state index is 12.7. The molecule has 2 rings (SSSR count). The van der Waals surface area contributed by atoms with E-state index in [0.717, 1.165) is 4.90 Å². The van der Waals surface area contributed by atoms with Crippen molar-refractivity contribution in [1.82, 2.24) is 14.7 Å². The molecule has 1 saturated heterocycles. The highest BCUT2D eigenvalue weighted by Crippen LogP contribution is 2.37. The van der Waals surface area contributed by atoms with Crippen LogP contribution in [0.4, 0.5) is 13.2 Å². The maximum atomic E-state index is 12.7. The first-order valence-electron chi connectivity index (χ1n) is 6.71. The molecule has 0 aliphatic carbocycles. The van der Waals surface area contributed by atoms with Gasteiger partial charge in [-0.1, -0.05) is 0 Å². The quantitative estimate of drug-likeness (QED) is 0.837. The van der Waals surface area contributed by atoms with Crippen molar-refractivity contribution in [2.24, 2.45) is 7.05 Å². The third-order valence-electron chi connectivity index (χ3n) is 3.72. The standard InChI is InChI=1S/C13H16F3N3O3/c1-18-7-9(6-17-18)10(20)2-3-11(21)19-5-4-12(22,8-19)13(14,15)16/h6-7,22H,2-5,8H2,1H3. The van der Waals surface area contributed by atoms with Crippen molar-refractivity contribution < 1.29 is 27.9 Å². The van der Waals surface area contributed by atoms with Crippen molar-refractivity contribution in [3.63, 3.8) is 0 Å². The topological polar surface area (TPSA) is 75.4 Å². The third kappa shape index (κ3) is 3.29. The van der Waals surface area contributed by atoms with Gasteiger partial charge in [-0.25, -0.2) is 0 Å².